The molecule has 0 bridgehead atoms. The Morgan fingerprint density at radius 1 is 1.32 bits per heavy atom. The van der Waals surface area contributed by atoms with Crippen LogP contribution < -0.4 is 10.2 Å². The van der Waals surface area contributed by atoms with E-state index in [-0.39, 0.29) is 0 Å². The summed E-state index contributed by atoms with van der Waals surface area (Å²) in [6.07, 6.45) is 6.33. The highest BCUT2D eigenvalue weighted by molar-refractivity contribution is 5.30. The van der Waals surface area contributed by atoms with Gasteiger partial charge in [0.05, 0.1) is 6.10 Å². The molecule has 1 N–H and O–H groups in total. The van der Waals surface area contributed by atoms with Crippen molar-refractivity contribution in [2.75, 3.05) is 25.1 Å². The van der Waals surface area contributed by atoms with Crippen LogP contribution in [0.25, 0.3) is 0 Å². The first kappa shape index (κ1) is 14.2. The van der Waals surface area contributed by atoms with E-state index in [9.17, 15) is 0 Å². The highest BCUT2D eigenvalue weighted by Crippen LogP contribution is 2.17. The van der Waals surface area contributed by atoms with Crippen LogP contribution in [0.4, 0.5) is 5.95 Å². The molecule has 1 aromatic rings. The van der Waals surface area contributed by atoms with Gasteiger partial charge in [-0.05, 0) is 12.8 Å². The molecule has 0 atom stereocenters. The van der Waals surface area contributed by atoms with E-state index < -0.39 is 0 Å². The first-order valence-electron chi connectivity index (χ1n) is 7.01. The second-order valence-electron chi connectivity index (χ2n) is 5.35. The number of aromatic nitrogens is 2. The second-order valence-corrected chi connectivity index (χ2v) is 5.35. The fourth-order valence-corrected chi connectivity index (χ4v) is 2.22. The highest BCUT2D eigenvalue weighted by atomic mass is 16.5. The third-order valence-electron chi connectivity index (χ3n) is 3.46. The average molecular weight is 264 g/mol. The minimum atomic E-state index is 0.394. The zero-order chi connectivity index (χ0) is 13.7. The van der Waals surface area contributed by atoms with Crippen molar-refractivity contribution in [2.24, 2.45) is 0 Å². The van der Waals surface area contributed by atoms with Gasteiger partial charge in [-0.25, -0.2) is 9.97 Å². The predicted molar refractivity (Wildman–Crippen MR) is 76.3 cm³/mol. The van der Waals surface area contributed by atoms with Gasteiger partial charge in [0, 0.05) is 50.7 Å². The number of hydrogen-bond acceptors (Lipinski definition) is 5. The summed E-state index contributed by atoms with van der Waals surface area (Å²) >= 11 is 0. The van der Waals surface area contributed by atoms with Crippen molar-refractivity contribution < 1.29 is 4.74 Å². The van der Waals surface area contributed by atoms with E-state index >= 15 is 0 Å². The van der Waals surface area contributed by atoms with Crippen molar-refractivity contribution in [3.63, 3.8) is 0 Å². The topological polar surface area (TPSA) is 50.3 Å². The van der Waals surface area contributed by atoms with Gasteiger partial charge in [-0.3, -0.25) is 0 Å². The van der Waals surface area contributed by atoms with Gasteiger partial charge in [0.2, 0.25) is 5.95 Å². The molecule has 0 aromatic carbocycles. The Balaban J connectivity index is 1.88. The first-order valence-corrected chi connectivity index (χ1v) is 7.01. The number of rotatable bonds is 5. The van der Waals surface area contributed by atoms with E-state index in [2.05, 4.69) is 34.0 Å². The molecular weight excluding hydrogens is 240 g/mol. The van der Waals surface area contributed by atoms with E-state index in [1.54, 1.807) is 7.11 Å². The van der Waals surface area contributed by atoms with Crippen molar-refractivity contribution in [3.05, 3.63) is 18.0 Å². The minimum Gasteiger partial charge on any atom is -0.381 e. The van der Waals surface area contributed by atoms with Crippen LogP contribution in [0.15, 0.2) is 12.4 Å². The Hall–Kier alpha value is -1.20. The maximum Gasteiger partial charge on any atom is 0.225 e. The van der Waals surface area contributed by atoms with Crippen molar-refractivity contribution in [2.45, 2.75) is 45.4 Å². The molecule has 106 valence electrons. The molecule has 0 saturated carbocycles. The Morgan fingerprint density at radius 3 is 2.47 bits per heavy atom. The van der Waals surface area contributed by atoms with Crippen LogP contribution in [0.3, 0.4) is 0 Å². The van der Waals surface area contributed by atoms with Crippen LogP contribution in [0.5, 0.6) is 0 Å². The molecule has 0 spiro atoms. The Kier molecular flexibility index (Phi) is 5.10. The first-order chi connectivity index (χ1) is 9.19. The van der Waals surface area contributed by atoms with E-state index in [0.717, 1.165) is 44.0 Å². The van der Waals surface area contributed by atoms with Crippen molar-refractivity contribution in [1.29, 1.82) is 0 Å². The number of hydrogen-bond donors (Lipinski definition) is 1. The molecule has 1 fully saturated rings. The number of nitrogens with one attached hydrogen (secondary N) is 1. The van der Waals surface area contributed by atoms with Crippen LogP contribution in [0.2, 0.25) is 0 Å². The zero-order valence-corrected chi connectivity index (χ0v) is 12.1. The molecule has 1 aliphatic heterocycles. The SMILES string of the molecule is COC1CCN(c2ncc(CNC(C)C)cn2)CC1. The molecule has 2 rings (SSSR count). The fraction of sp³-hybridized carbons (Fsp3) is 0.714. The Morgan fingerprint density at radius 2 is 1.95 bits per heavy atom. The predicted octanol–water partition coefficient (Wildman–Crippen LogP) is 1.59. The Bertz CT molecular complexity index is 372. The maximum absolute atomic E-state index is 5.37. The monoisotopic (exact) mass is 264 g/mol. The highest BCUT2D eigenvalue weighted by Gasteiger charge is 2.20. The molecule has 1 saturated heterocycles. The molecule has 0 aliphatic carbocycles. The molecule has 5 heteroatoms. The summed E-state index contributed by atoms with van der Waals surface area (Å²) in [7, 11) is 1.79. The lowest BCUT2D eigenvalue weighted by atomic mass is 10.1. The van der Waals surface area contributed by atoms with E-state index in [1.165, 1.54) is 0 Å². The van der Waals surface area contributed by atoms with E-state index in [4.69, 9.17) is 4.74 Å². The van der Waals surface area contributed by atoms with Crippen LogP contribution in [0.1, 0.15) is 32.3 Å². The van der Waals surface area contributed by atoms with Gasteiger partial charge in [0.15, 0.2) is 0 Å². The molecule has 5 nitrogen and oxygen atoms in total. The van der Waals surface area contributed by atoms with Crippen molar-refractivity contribution >= 4 is 5.95 Å². The van der Waals surface area contributed by atoms with Crippen LogP contribution >= 0.6 is 0 Å². The lowest BCUT2D eigenvalue weighted by Crippen LogP contribution is -2.37. The van der Waals surface area contributed by atoms with Gasteiger partial charge < -0.3 is 15.0 Å². The third-order valence-corrected chi connectivity index (χ3v) is 3.46. The van der Waals surface area contributed by atoms with Crippen LogP contribution in [-0.4, -0.2) is 42.3 Å². The lowest BCUT2D eigenvalue weighted by molar-refractivity contribution is 0.0816. The van der Waals surface area contributed by atoms with Gasteiger partial charge in [-0.2, -0.15) is 0 Å². The van der Waals surface area contributed by atoms with Gasteiger partial charge in [0.1, 0.15) is 0 Å². The number of piperidine rings is 1. The minimum absolute atomic E-state index is 0.394. The average Bonchev–Trinajstić information content (AvgIpc) is 2.46. The van der Waals surface area contributed by atoms with E-state index in [1.807, 2.05) is 12.4 Å². The molecular formula is C14H24N4O. The second kappa shape index (κ2) is 6.82. The summed E-state index contributed by atoms with van der Waals surface area (Å²) in [5, 5.41) is 3.36. The lowest BCUT2D eigenvalue weighted by Gasteiger charge is -2.31. The summed E-state index contributed by atoms with van der Waals surface area (Å²) in [5.41, 5.74) is 1.13. The number of nitrogens with zero attached hydrogens (tertiary/aromatic N) is 3. The van der Waals surface area contributed by atoms with Crippen LogP contribution in [-0.2, 0) is 11.3 Å². The largest absolute Gasteiger partial charge is 0.381 e. The van der Waals surface area contributed by atoms with Gasteiger partial charge in [-0.15, -0.1) is 0 Å². The summed E-state index contributed by atoms with van der Waals surface area (Å²) in [5.74, 6) is 0.836. The third kappa shape index (κ3) is 4.14. The molecule has 1 aromatic heterocycles. The molecule has 0 radical (unpaired) electrons. The normalized spacial score (nSPS) is 17.2. The number of methoxy groups -OCH3 is 1. The molecule has 19 heavy (non-hydrogen) atoms. The molecule has 1 aliphatic rings. The zero-order valence-electron chi connectivity index (χ0n) is 12.1. The summed E-state index contributed by atoms with van der Waals surface area (Å²) in [4.78, 5) is 11.2. The molecule has 0 unspecified atom stereocenters. The smallest absolute Gasteiger partial charge is 0.225 e. The van der Waals surface area contributed by atoms with Crippen LogP contribution in [0, 0.1) is 0 Å². The van der Waals surface area contributed by atoms with Gasteiger partial charge >= 0.3 is 0 Å². The summed E-state index contributed by atoms with van der Waals surface area (Å²) < 4.78 is 5.37. The number of ether oxygens (including phenoxy) is 1. The van der Waals surface area contributed by atoms with Crippen molar-refractivity contribution in [3.8, 4) is 0 Å². The summed E-state index contributed by atoms with van der Waals surface area (Å²) in [6.45, 7) is 7.04. The fourth-order valence-electron chi connectivity index (χ4n) is 2.22. The number of anilines is 1. The maximum atomic E-state index is 5.37. The standard InChI is InChI=1S/C14H24N4O/c1-11(2)15-8-12-9-16-14(17-10-12)18-6-4-13(19-3)5-7-18/h9-11,13,15H,4-8H2,1-3H3. The van der Waals surface area contributed by atoms with Gasteiger partial charge in [-0.1, -0.05) is 13.8 Å². The molecule has 0 amide bonds. The van der Waals surface area contributed by atoms with Gasteiger partial charge in [0.25, 0.3) is 0 Å². The van der Waals surface area contributed by atoms with Crippen molar-refractivity contribution in [1.82, 2.24) is 15.3 Å². The summed E-state index contributed by atoms with van der Waals surface area (Å²) in [6, 6.07) is 0.479. The van der Waals surface area contributed by atoms with E-state index in [0.29, 0.717) is 12.1 Å². The molecule has 2 heterocycles. The quantitative estimate of drug-likeness (QED) is 0.875. The Labute approximate surface area is 115 Å².